The number of ether oxygens (including phenoxy) is 2. The fraction of sp³-hybridized carbons (Fsp3) is 1.00. The average Bonchev–Trinajstić information content (AvgIpc) is 2.34. The van der Waals surface area contributed by atoms with Crippen molar-refractivity contribution in [2.24, 2.45) is 5.73 Å². The zero-order chi connectivity index (χ0) is 13.0. The molecule has 0 amide bonds. The van der Waals surface area contributed by atoms with Crippen LogP contribution in [0.3, 0.4) is 0 Å². The number of piperidine rings is 1. The Hall–Kier alpha value is -0.160. The van der Waals surface area contributed by atoms with Crippen molar-refractivity contribution in [2.45, 2.75) is 57.3 Å². The van der Waals surface area contributed by atoms with Gasteiger partial charge in [0.15, 0.2) is 0 Å². The lowest BCUT2D eigenvalue weighted by Gasteiger charge is -2.55. The van der Waals surface area contributed by atoms with Crippen LogP contribution in [0.25, 0.3) is 0 Å². The highest BCUT2D eigenvalue weighted by Crippen LogP contribution is 2.40. The quantitative estimate of drug-likeness (QED) is 0.780. The lowest BCUT2D eigenvalue weighted by Crippen LogP contribution is -2.66. The first kappa shape index (κ1) is 14.3. The summed E-state index contributed by atoms with van der Waals surface area (Å²) in [5.74, 6) is 0. The van der Waals surface area contributed by atoms with Crippen molar-refractivity contribution in [3.05, 3.63) is 0 Å². The molecule has 1 aliphatic carbocycles. The highest BCUT2D eigenvalue weighted by atomic mass is 16.5. The van der Waals surface area contributed by atoms with Crippen LogP contribution in [0.4, 0.5) is 0 Å². The Morgan fingerprint density at radius 3 is 2.44 bits per heavy atom. The molecule has 1 unspecified atom stereocenters. The molecule has 4 nitrogen and oxygen atoms in total. The van der Waals surface area contributed by atoms with Crippen molar-refractivity contribution < 1.29 is 9.47 Å². The van der Waals surface area contributed by atoms with Gasteiger partial charge in [0.1, 0.15) is 0 Å². The first-order valence-electron chi connectivity index (χ1n) is 7.42. The fourth-order valence-electron chi connectivity index (χ4n) is 3.44. The number of nitrogens with two attached hydrogens (primary N) is 1. The Morgan fingerprint density at radius 2 is 1.83 bits per heavy atom. The van der Waals surface area contributed by atoms with Crippen molar-refractivity contribution in [3.8, 4) is 0 Å². The number of hydrogen-bond acceptors (Lipinski definition) is 4. The second-order valence-corrected chi connectivity index (χ2v) is 5.58. The van der Waals surface area contributed by atoms with E-state index in [-0.39, 0.29) is 5.54 Å². The molecular formula is C14H28N2O2. The van der Waals surface area contributed by atoms with Crippen LogP contribution in [-0.2, 0) is 9.47 Å². The van der Waals surface area contributed by atoms with Gasteiger partial charge in [-0.3, -0.25) is 4.90 Å². The van der Waals surface area contributed by atoms with Crippen molar-refractivity contribution in [1.82, 2.24) is 4.90 Å². The molecule has 2 rings (SSSR count). The molecule has 0 radical (unpaired) electrons. The summed E-state index contributed by atoms with van der Waals surface area (Å²) in [4.78, 5) is 2.56. The molecule has 1 saturated carbocycles. The first-order chi connectivity index (χ1) is 8.74. The van der Waals surface area contributed by atoms with Gasteiger partial charge in [-0.15, -0.1) is 0 Å². The van der Waals surface area contributed by atoms with Gasteiger partial charge in [-0.05, 0) is 46.1 Å². The Labute approximate surface area is 111 Å². The minimum Gasteiger partial charge on any atom is -0.378 e. The van der Waals surface area contributed by atoms with Crippen LogP contribution in [0.5, 0.6) is 0 Å². The third kappa shape index (κ3) is 2.87. The first-order valence-corrected chi connectivity index (χ1v) is 7.42. The lowest BCUT2D eigenvalue weighted by atomic mass is 9.72. The van der Waals surface area contributed by atoms with Crippen molar-refractivity contribution >= 4 is 0 Å². The molecule has 18 heavy (non-hydrogen) atoms. The van der Waals surface area contributed by atoms with Crippen molar-refractivity contribution in [2.75, 3.05) is 32.8 Å². The third-order valence-corrected chi connectivity index (χ3v) is 4.45. The van der Waals surface area contributed by atoms with E-state index in [4.69, 9.17) is 15.2 Å². The average molecular weight is 256 g/mol. The van der Waals surface area contributed by atoms with E-state index >= 15 is 0 Å². The smallest absolute Gasteiger partial charge is 0.0702 e. The minimum absolute atomic E-state index is 0.190. The summed E-state index contributed by atoms with van der Waals surface area (Å²) >= 11 is 0. The molecular weight excluding hydrogens is 228 g/mol. The highest BCUT2D eigenvalue weighted by Gasteiger charge is 2.48. The molecule has 1 atom stereocenters. The van der Waals surface area contributed by atoms with Gasteiger partial charge in [0.2, 0.25) is 0 Å². The number of rotatable bonds is 6. The molecule has 0 aromatic heterocycles. The maximum Gasteiger partial charge on any atom is 0.0702 e. The highest BCUT2D eigenvalue weighted by molar-refractivity contribution is 5.05. The predicted molar refractivity (Wildman–Crippen MR) is 72.7 cm³/mol. The minimum atomic E-state index is 0.190. The Kier molecular flexibility index (Phi) is 5.01. The molecule has 2 N–H and O–H groups in total. The van der Waals surface area contributed by atoms with Crippen LogP contribution in [0, 0.1) is 0 Å². The van der Waals surface area contributed by atoms with Crippen LogP contribution in [0.15, 0.2) is 0 Å². The van der Waals surface area contributed by atoms with E-state index in [0.717, 1.165) is 39.1 Å². The van der Waals surface area contributed by atoms with Gasteiger partial charge >= 0.3 is 0 Å². The van der Waals surface area contributed by atoms with Gasteiger partial charge in [-0.2, -0.15) is 0 Å². The molecule has 2 aliphatic rings. The molecule has 1 aliphatic heterocycles. The second kappa shape index (κ2) is 6.33. The van der Waals surface area contributed by atoms with E-state index in [0.29, 0.717) is 12.2 Å². The summed E-state index contributed by atoms with van der Waals surface area (Å²) in [5.41, 5.74) is 6.23. The summed E-state index contributed by atoms with van der Waals surface area (Å²) < 4.78 is 11.5. The van der Waals surface area contributed by atoms with Gasteiger partial charge in [-0.1, -0.05) is 0 Å². The van der Waals surface area contributed by atoms with Crippen LogP contribution < -0.4 is 5.73 Å². The van der Waals surface area contributed by atoms with E-state index in [1.54, 1.807) is 0 Å². The predicted octanol–water partition coefficient (Wildman–Crippen LogP) is 1.38. The standard InChI is InChI=1S/C14H28N2O2/c1-3-17-12-6-5-7-16(10-12)14(11-15)8-13(9-14)18-4-2/h12-13H,3-11,15H2,1-2H3. The molecule has 0 spiro atoms. The molecule has 0 aromatic carbocycles. The summed E-state index contributed by atoms with van der Waals surface area (Å²) in [6, 6.07) is 0. The third-order valence-electron chi connectivity index (χ3n) is 4.45. The van der Waals surface area contributed by atoms with Crippen molar-refractivity contribution in [1.29, 1.82) is 0 Å². The molecule has 1 heterocycles. The van der Waals surface area contributed by atoms with Gasteiger partial charge in [0.05, 0.1) is 12.2 Å². The molecule has 0 bridgehead atoms. The fourth-order valence-corrected chi connectivity index (χ4v) is 3.44. The largest absolute Gasteiger partial charge is 0.378 e. The van der Waals surface area contributed by atoms with E-state index < -0.39 is 0 Å². The molecule has 2 fully saturated rings. The second-order valence-electron chi connectivity index (χ2n) is 5.58. The lowest BCUT2D eigenvalue weighted by molar-refractivity contribution is -0.123. The summed E-state index contributed by atoms with van der Waals surface area (Å²) in [6.45, 7) is 8.72. The zero-order valence-electron chi connectivity index (χ0n) is 11.9. The Balaban J connectivity index is 1.88. The SMILES string of the molecule is CCOC1CCCN(C2(CN)CC(OCC)C2)C1. The van der Waals surface area contributed by atoms with Crippen LogP contribution in [0.2, 0.25) is 0 Å². The van der Waals surface area contributed by atoms with Crippen molar-refractivity contribution in [3.63, 3.8) is 0 Å². The van der Waals surface area contributed by atoms with E-state index in [2.05, 4.69) is 18.7 Å². The van der Waals surface area contributed by atoms with E-state index in [9.17, 15) is 0 Å². The van der Waals surface area contributed by atoms with Gasteiger partial charge < -0.3 is 15.2 Å². The number of likely N-dealkylation sites (tertiary alicyclic amines) is 1. The normalized spacial score (nSPS) is 37.5. The van der Waals surface area contributed by atoms with Crippen LogP contribution >= 0.6 is 0 Å². The Morgan fingerprint density at radius 1 is 1.17 bits per heavy atom. The zero-order valence-corrected chi connectivity index (χ0v) is 11.9. The van der Waals surface area contributed by atoms with E-state index in [1.165, 1.54) is 19.4 Å². The van der Waals surface area contributed by atoms with Gasteiger partial charge in [-0.25, -0.2) is 0 Å². The number of nitrogens with zero attached hydrogens (tertiary/aromatic N) is 1. The summed E-state index contributed by atoms with van der Waals surface area (Å²) in [5, 5.41) is 0. The monoisotopic (exact) mass is 256 g/mol. The number of hydrogen-bond donors (Lipinski definition) is 1. The summed E-state index contributed by atoms with van der Waals surface area (Å²) in [6.07, 6.45) is 5.43. The molecule has 1 saturated heterocycles. The Bertz CT molecular complexity index is 252. The molecule has 106 valence electrons. The van der Waals surface area contributed by atoms with E-state index in [1.807, 2.05) is 0 Å². The van der Waals surface area contributed by atoms with Crippen LogP contribution in [-0.4, -0.2) is 55.5 Å². The topological polar surface area (TPSA) is 47.7 Å². The van der Waals surface area contributed by atoms with Gasteiger partial charge in [0, 0.05) is 31.8 Å². The van der Waals surface area contributed by atoms with Gasteiger partial charge in [0.25, 0.3) is 0 Å². The van der Waals surface area contributed by atoms with Crippen LogP contribution in [0.1, 0.15) is 39.5 Å². The maximum absolute atomic E-state index is 6.04. The molecule has 4 heteroatoms. The maximum atomic E-state index is 6.04. The molecule has 0 aromatic rings. The summed E-state index contributed by atoms with van der Waals surface area (Å²) in [7, 11) is 0.